The van der Waals surface area contributed by atoms with E-state index in [-0.39, 0.29) is 0 Å². The number of hydrogen-bond donors (Lipinski definition) is 1. The topological polar surface area (TPSA) is 28.7 Å². The van der Waals surface area contributed by atoms with Crippen molar-refractivity contribution in [2.45, 2.75) is 20.3 Å². The number of aromatic amines is 1. The molecule has 0 bridgehead atoms. The third kappa shape index (κ3) is 3.76. The minimum atomic E-state index is 0.733. The van der Waals surface area contributed by atoms with Crippen molar-refractivity contribution in [3.8, 4) is 0 Å². The Kier molecular flexibility index (Phi) is 4.91. The van der Waals surface area contributed by atoms with Crippen LogP contribution in [0.2, 0.25) is 5.02 Å². The molecule has 2 nitrogen and oxygen atoms in total. The van der Waals surface area contributed by atoms with Gasteiger partial charge in [-0.3, -0.25) is 5.10 Å². The molecule has 0 aliphatic heterocycles. The highest BCUT2D eigenvalue weighted by Crippen LogP contribution is 2.15. The first kappa shape index (κ1) is 11.8. The molecule has 0 aliphatic rings. The van der Waals surface area contributed by atoms with Gasteiger partial charge in [0.25, 0.3) is 0 Å². The van der Waals surface area contributed by atoms with Crippen LogP contribution in [0, 0.1) is 0 Å². The summed E-state index contributed by atoms with van der Waals surface area (Å²) in [4.78, 5) is 0. The lowest BCUT2D eigenvalue weighted by atomic mass is 10.3. The van der Waals surface area contributed by atoms with Gasteiger partial charge in [-0.1, -0.05) is 30.7 Å². The molecular formula is C12H15ClN2. The number of aromatic nitrogens is 2. The van der Waals surface area contributed by atoms with Gasteiger partial charge in [0, 0.05) is 10.4 Å². The highest BCUT2D eigenvalue weighted by molar-refractivity contribution is 6.31. The zero-order valence-corrected chi connectivity index (χ0v) is 9.75. The summed E-state index contributed by atoms with van der Waals surface area (Å²) in [6.45, 7) is 4.16. The molecule has 1 N–H and O–H groups in total. The van der Waals surface area contributed by atoms with Crippen molar-refractivity contribution < 1.29 is 0 Å². The van der Waals surface area contributed by atoms with Crippen molar-refractivity contribution in [3.63, 3.8) is 0 Å². The molecular weight excluding hydrogens is 208 g/mol. The van der Waals surface area contributed by atoms with Gasteiger partial charge in [0.2, 0.25) is 0 Å². The highest BCUT2D eigenvalue weighted by Gasteiger charge is 1.93. The van der Waals surface area contributed by atoms with Crippen molar-refractivity contribution in [1.29, 1.82) is 0 Å². The van der Waals surface area contributed by atoms with Crippen molar-refractivity contribution in [2.75, 3.05) is 0 Å². The number of nitrogens with one attached hydrogen (secondary N) is 1. The summed E-state index contributed by atoms with van der Waals surface area (Å²) < 4.78 is 0. The fourth-order valence-corrected chi connectivity index (χ4v) is 1.32. The molecule has 0 saturated carbocycles. The van der Waals surface area contributed by atoms with Crippen molar-refractivity contribution in [2.24, 2.45) is 0 Å². The van der Waals surface area contributed by atoms with Gasteiger partial charge in [0.15, 0.2) is 0 Å². The fraction of sp³-hybridized carbons (Fsp3) is 0.250. The number of fused-ring (bicyclic) bond motifs is 1. The molecule has 0 atom stereocenters. The van der Waals surface area contributed by atoms with Gasteiger partial charge >= 0.3 is 0 Å². The van der Waals surface area contributed by atoms with Gasteiger partial charge in [-0.25, -0.2) is 0 Å². The standard InChI is InChI=1S/C7H5ClN2.C5H10/c8-6-2-1-5-4-9-10-7(5)3-6;1-3-5-4-2/h1-4H,(H,9,10);3,5H,4H2,1-2H3/b;5-3-. The Morgan fingerprint density at radius 3 is 2.87 bits per heavy atom. The highest BCUT2D eigenvalue weighted by atomic mass is 35.5. The Balaban J connectivity index is 0.000000195. The van der Waals surface area contributed by atoms with Gasteiger partial charge in [-0.2, -0.15) is 5.10 Å². The van der Waals surface area contributed by atoms with Crippen molar-refractivity contribution in [3.05, 3.63) is 41.6 Å². The molecule has 0 saturated heterocycles. The molecule has 15 heavy (non-hydrogen) atoms. The van der Waals surface area contributed by atoms with Crippen LogP contribution in [0.15, 0.2) is 36.5 Å². The Labute approximate surface area is 95.0 Å². The van der Waals surface area contributed by atoms with Gasteiger partial charge in [-0.15, -0.1) is 0 Å². The SMILES string of the molecule is C/C=C\CC.Clc1ccc2cn[nH]c2c1. The predicted octanol–water partition coefficient (Wildman–Crippen LogP) is 4.19. The quantitative estimate of drug-likeness (QED) is 0.721. The second-order valence-electron chi connectivity index (χ2n) is 3.08. The van der Waals surface area contributed by atoms with Crippen molar-refractivity contribution >= 4 is 22.5 Å². The van der Waals surface area contributed by atoms with Crippen LogP contribution in [0.1, 0.15) is 20.3 Å². The Hall–Kier alpha value is -1.28. The number of H-pyrrole nitrogens is 1. The van der Waals surface area contributed by atoms with Crippen LogP contribution >= 0.6 is 11.6 Å². The van der Waals surface area contributed by atoms with Crippen LogP contribution in [-0.2, 0) is 0 Å². The first-order chi connectivity index (χ1) is 7.27. The molecule has 0 radical (unpaired) electrons. The zero-order chi connectivity index (χ0) is 11.1. The summed E-state index contributed by atoms with van der Waals surface area (Å²) in [5.41, 5.74) is 0.979. The first-order valence-corrected chi connectivity index (χ1v) is 5.35. The number of hydrogen-bond acceptors (Lipinski definition) is 1. The van der Waals surface area contributed by atoms with E-state index in [1.807, 2.05) is 25.1 Å². The normalized spacial score (nSPS) is 10.3. The molecule has 0 unspecified atom stereocenters. The van der Waals surface area contributed by atoms with Crippen LogP contribution in [0.25, 0.3) is 10.9 Å². The van der Waals surface area contributed by atoms with E-state index in [1.54, 1.807) is 6.20 Å². The van der Waals surface area contributed by atoms with Crippen LogP contribution in [0.3, 0.4) is 0 Å². The van der Waals surface area contributed by atoms with Crippen molar-refractivity contribution in [1.82, 2.24) is 10.2 Å². The van der Waals surface area contributed by atoms with Crippen LogP contribution in [0.4, 0.5) is 0 Å². The molecule has 3 heteroatoms. The summed E-state index contributed by atoms with van der Waals surface area (Å²) >= 11 is 5.73. The monoisotopic (exact) mass is 222 g/mol. The van der Waals surface area contributed by atoms with E-state index in [0.717, 1.165) is 22.3 Å². The predicted molar refractivity (Wildman–Crippen MR) is 66.2 cm³/mol. The lowest BCUT2D eigenvalue weighted by Crippen LogP contribution is -1.66. The number of rotatable bonds is 1. The van der Waals surface area contributed by atoms with Crippen LogP contribution in [-0.4, -0.2) is 10.2 Å². The van der Waals surface area contributed by atoms with E-state index in [4.69, 9.17) is 11.6 Å². The molecule has 0 amide bonds. The maximum absolute atomic E-state index is 5.73. The summed E-state index contributed by atoms with van der Waals surface area (Å²) in [7, 11) is 0. The van der Waals surface area contributed by atoms with Crippen LogP contribution in [0.5, 0.6) is 0 Å². The number of benzene rings is 1. The summed E-state index contributed by atoms with van der Waals surface area (Å²) in [6, 6.07) is 5.63. The third-order valence-corrected chi connectivity index (χ3v) is 2.11. The molecule has 0 spiro atoms. The van der Waals surface area contributed by atoms with Gasteiger partial charge < -0.3 is 0 Å². The molecule has 2 rings (SSSR count). The van der Waals surface area contributed by atoms with Crippen LogP contribution < -0.4 is 0 Å². The number of allylic oxidation sites excluding steroid dienone is 2. The Bertz CT molecular complexity index is 432. The minimum Gasteiger partial charge on any atom is -0.278 e. The van der Waals surface area contributed by atoms with E-state index in [1.165, 1.54) is 0 Å². The Morgan fingerprint density at radius 2 is 2.27 bits per heavy atom. The fourth-order valence-electron chi connectivity index (χ4n) is 1.14. The summed E-state index contributed by atoms with van der Waals surface area (Å²) in [5, 5.41) is 8.51. The molecule has 0 fully saturated rings. The third-order valence-electron chi connectivity index (χ3n) is 1.88. The average molecular weight is 223 g/mol. The number of halogens is 1. The largest absolute Gasteiger partial charge is 0.278 e. The minimum absolute atomic E-state index is 0.733. The van der Waals surface area contributed by atoms with E-state index >= 15 is 0 Å². The van der Waals surface area contributed by atoms with Gasteiger partial charge in [-0.05, 0) is 31.5 Å². The lowest BCUT2D eigenvalue weighted by Gasteiger charge is -1.87. The molecule has 80 valence electrons. The number of nitrogens with zero attached hydrogens (tertiary/aromatic N) is 1. The van der Waals surface area contributed by atoms with Gasteiger partial charge in [0.05, 0.1) is 11.7 Å². The second-order valence-corrected chi connectivity index (χ2v) is 3.52. The first-order valence-electron chi connectivity index (χ1n) is 4.97. The maximum atomic E-state index is 5.73. The van der Waals surface area contributed by atoms with E-state index in [9.17, 15) is 0 Å². The summed E-state index contributed by atoms with van der Waals surface area (Å²) in [5.74, 6) is 0. The molecule has 1 aromatic carbocycles. The van der Waals surface area contributed by atoms with E-state index in [2.05, 4.69) is 29.3 Å². The second kappa shape index (κ2) is 6.25. The zero-order valence-electron chi connectivity index (χ0n) is 9.00. The molecule has 1 heterocycles. The van der Waals surface area contributed by atoms with E-state index in [0.29, 0.717) is 0 Å². The van der Waals surface area contributed by atoms with E-state index < -0.39 is 0 Å². The smallest absolute Gasteiger partial charge is 0.0665 e. The lowest BCUT2D eigenvalue weighted by molar-refractivity contribution is 1.12. The van der Waals surface area contributed by atoms with Gasteiger partial charge in [0.1, 0.15) is 0 Å². The molecule has 0 aliphatic carbocycles. The molecule has 2 aromatic rings. The Morgan fingerprint density at radius 1 is 1.47 bits per heavy atom. The maximum Gasteiger partial charge on any atom is 0.0665 e. The molecule has 1 aromatic heterocycles. The average Bonchev–Trinajstić information content (AvgIpc) is 2.67. The summed E-state index contributed by atoms with van der Waals surface area (Å²) in [6.07, 6.45) is 7.11.